The van der Waals surface area contributed by atoms with Crippen molar-refractivity contribution in [1.29, 1.82) is 0 Å². The first-order valence-corrected chi connectivity index (χ1v) is 11.6. The molecule has 0 bridgehead atoms. The number of hydrogen-bond donors (Lipinski definition) is 0. The van der Waals surface area contributed by atoms with Gasteiger partial charge in [0, 0.05) is 16.8 Å². The van der Waals surface area contributed by atoms with Gasteiger partial charge < -0.3 is 9.64 Å². The van der Waals surface area contributed by atoms with Gasteiger partial charge in [-0.2, -0.15) is 0 Å². The molecule has 0 N–H and O–H groups in total. The van der Waals surface area contributed by atoms with Crippen LogP contribution in [0.1, 0.15) is 36.4 Å². The summed E-state index contributed by atoms with van der Waals surface area (Å²) in [5, 5.41) is 0.957. The zero-order valence-electron chi connectivity index (χ0n) is 15.4. The van der Waals surface area contributed by atoms with Gasteiger partial charge in [-0.05, 0) is 37.3 Å². The summed E-state index contributed by atoms with van der Waals surface area (Å²) < 4.78 is 29.8. The summed E-state index contributed by atoms with van der Waals surface area (Å²) in [7, 11) is -3.10. The second-order valence-corrected chi connectivity index (χ2v) is 10.2. The molecule has 2 heterocycles. The molecule has 2 atom stereocenters. The molecule has 1 aromatic carbocycles. The molecule has 1 aliphatic heterocycles. The number of benzene rings is 1. The van der Waals surface area contributed by atoms with Gasteiger partial charge in [0.2, 0.25) is 0 Å². The zero-order chi connectivity index (χ0) is 19.6. The van der Waals surface area contributed by atoms with Crippen molar-refractivity contribution in [3.63, 3.8) is 0 Å². The van der Waals surface area contributed by atoms with Crippen LogP contribution in [0.2, 0.25) is 0 Å². The van der Waals surface area contributed by atoms with E-state index in [1.807, 2.05) is 38.1 Å². The van der Waals surface area contributed by atoms with Gasteiger partial charge in [0.05, 0.1) is 11.5 Å². The Morgan fingerprint density at radius 2 is 2.07 bits per heavy atom. The SMILES string of the molecule is CC[C@H](C)N(C(=O)COC(=O)c1cc2ccccc2s1)[C@H]1CCS(=O)(=O)C1. The van der Waals surface area contributed by atoms with E-state index in [1.54, 1.807) is 11.0 Å². The second-order valence-electron chi connectivity index (χ2n) is 6.84. The van der Waals surface area contributed by atoms with E-state index >= 15 is 0 Å². The molecule has 8 heteroatoms. The van der Waals surface area contributed by atoms with Crippen LogP contribution in [-0.4, -0.2) is 55.4 Å². The van der Waals surface area contributed by atoms with E-state index in [-0.39, 0.29) is 36.1 Å². The van der Waals surface area contributed by atoms with Crippen molar-refractivity contribution >= 4 is 43.1 Å². The number of ether oxygens (including phenoxy) is 1. The number of carbonyl (C=O) groups excluding carboxylic acids is 2. The van der Waals surface area contributed by atoms with Gasteiger partial charge in [0.1, 0.15) is 4.88 Å². The predicted octanol–water partition coefficient (Wildman–Crippen LogP) is 2.87. The minimum Gasteiger partial charge on any atom is -0.451 e. The number of hydrogen-bond acceptors (Lipinski definition) is 6. The molecule has 3 rings (SSSR count). The molecular formula is C19H23NO5S2. The molecule has 146 valence electrons. The summed E-state index contributed by atoms with van der Waals surface area (Å²) in [6, 6.07) is 8.93. The van der Waals surface area contributed by atoms with Crippen molar-refractivity contribution in [1.82, 2.24) is 4.90 Å². The maximum absolute atomic E-state index is 12.7. The van der Waals surface area contributed by atoms with Crippen LogP contribution in [0.5, 0.6) is 0 Å². The Morgan fingerprint density at radius 1 is 1.33 bits per heavy atom. The highest BCUT2D eigenvalue weighted by Gasteiger charge is 2.36. The molecule has 0 saturated carbocycles. The minimum atomic E-state index is -3.10. The maximum Gasteiger partial charge on any atom is 0.348 e. The van der Waals surface area contributed by atoms with Crippen molar-refractivity contribution in [3.8, 4) is 0 Å². The van der Waals surface area contributed by atoms with E-state index in [9.17, 15) is 18.0 Å². The summed E-state index contributed by atoms with van der Waals surface area (Å²) >= 11 is 1.32. The lowest BCUT2D eigenvalue weighted by molar-refractivity contribution is -0.138. The number of esters is 1. The third-order valence-corrected chi connectivity index (χ3v) is 7.76. The Morgan fingerprint density at radius 3 is 2.70 bits per heavy atom. The summed E-state index contributed by atoms with van der Waals surface area (Å²) in [5.74, 6) is -0.805. The Balaban J connectivity index is 1.67. The molecule has 1 amide bonds. The van der Waals surface area contributed by atoms with Gasteiger partial charge in [-0.3, -0.25) is 4.79 Å². The summed E-state index contributed by atoms with van der Waals surface area (Å²) in [5.41, 5.74) is 0. The monoisotopic (exact) mass is 409 g/mol. The van der Waals surface area contributed by atoms with Gasteiger partial charge in [-0.15, -0.1) is 11.3 Å². The van der Waals surface area contributed by atoms with E-state index in [0.29, 0.717) is 17.7 Å². The maximum atomic E-state index is 12.7. The number of rotatable bonds is 6. The highest BCUT2D eigenvalue weighted by Crippen LogP contribution is 2.26. The fraction of sp³-hybridized carbons (Fsp3) is 0.474. The molecule has 1 saturated heterocycles. The third kappa shape index (κ3) is 4.50. The van der Waals surface area contributed by atoms with Crippen LogP contribution in [0.25, 0.3) is 10.1 Å². The van der Waals surface area contributed by atoms with Crippen LogP contribution in [0.4, 0.5) is 0 Å². The first-order chi connectivity index (χ1) is 12.8. The van der Waals surface area contributed by atoms with Gasteiger partial charge in [0.15, 0.2) is 16.4 Å². The van der Waals surface area contributed by atoms with Crippen molar-refractivity contribution in [3.05, 3.63) is 35.2 Å². The largest absolute Gasteiger partial charge is 0.451 e. The van der Waals surface area contributed by atoms with Crippen LogP contribution in [-0.2, 0) is 19.4 Å². The molecule has 0 radical (unpaired) electrons. The predicted molar refractivity (Wildman–Crippen MR) is 106 cm³/mol. The van der Waals surface area contributed by atoms with Crippen LogP contribution in [0, 0.1) is 0 Å². The molecule has 6 nitrogen and oxygen atoms in total. The number of fused-ring (bicyclic) bond motifs is 1. The smallest absolute Gasteiger partial charge is 0.348 e. The molecule has 27 heavy (non-hydrogen) atoms. The fourth-order valence-electron chi connectivity index (χ4n) is 3.36. The first-order valence-electron chi connectivity index (χ1n) is 8.98. The van der Waals surface area contributed by atoms with E-state index in [4.69, 9.17) is 4.74 Å². The summed E-state index contributed by atoms with van der Waals surface area (Å²) in [6.45, 7) is 3.45. The molecule has 1 aliphatic rings. The van der Waals surface area contributed by atoms with E-state index < -0.39 is 15.8 Å². The van der Waals surface area contributed by atoms with Crippen LogP contribution in [0.3, 0.4) is 0 Å². The fourth-order valence-corrected chi connectivity index (χ4v) is 6.02. The Bertz CT molecular complexity index is 917. The topological polar surface area (TPSA) is 80.8 Å². The quantitative estimate of drug-likeness (QED) is 0.686. The molecule has 0 spiro atoms. The second kappa shape index (κ2) is 7.98. The number of sulfone groups is 1. The lowest BCUT2D eigenvalue weighted by Gasteiger charge is -2.33. The lowest BCUT2D eigenvalue weighted by atomic mass is 10.1. The Hall–Kier alpha value is -1.93. The summed E-state index contributed by atoms with van der Waals surface area (Å²) in [6.07, 6.45) is 1.13. The lowest BCUT2D eigenvalue weighted by Crippen LogP contribution is -2.48. The Labute approximate surface area is 163 Å². The minimum absolute atomic E-state index is 0.0205. The average molecular weight is 410 g/mol. The van der Waals surface area contributed by atoms with Gasteiger partial charge in [-0.1, -0.05) is 25.1 Å². The van der Waals surface area contributed by atoms with Gasteiger partial charge in [0.25, 0.3) is 5.91 Å². The van der Waals surface area contributed by atoms with E-state index in [1.165, 1.54) is 11.3 Å². The van der Waals surface area contributed by atoms with Gasteiger partial charge >= 0.3 is 5.97 Å². The van der Waals surface area contributed by atoms with Crippen molar-refractivity contribution in [2.24, 2.45) is 0 Å². The first kappa shape index (κ1) is 19.8. The molecule has 2 aromatic rings. The van der Waals surface area contributed by atoms with Crippen LogP contribution < -0.4 is 0 Å². The number of amides is 1. The number of nitrogens with zero attached hydrogens (tertiary/aromatic N) is 1. The highest BCUT2D eigenvalue weighted by atomic mass is 32.2. The highest BCUT2D eigenvalue weighted by molar-refractivity contribution is 7.91. The van der Waals surface area contributed by atoms with Crippen molar-refractivity contribution < 1.29 is 22.7 Å². The number of thiophene rings is 1. The van der Waals surface area contributed by atoms with E-state index in [0.717, 1.165) is 10.1 Å². The average Bonchev–Trinajstić information content (AvgIpc) is 3.22. The summed E-state index contributed by atoms with van der Waals surface area (Å²) in [4.78, 5) is 27.1. The molecule has 1 fully saturated rings. The third-order valence-electron chi connectivity index (χ3n) is 4.91. The normalized spacial score (nSPS) is 19.7. The Kier molecular flexibility index (Phi) is 5.86. The molecule has 1 aromatic heterocycles. The molecule has 0 aliphatic carbocycles. The van der Waals surface area contributed by atoms with Crippen LogP contribution >= 0.6 is 11.3 Å². The van der Waals surface area contributed by atoms with Crippen LogP contribution in [0.15, 0.2) is 30.3 Å². The van der Waals surface area contributed by atoms with E-state index in [2.05, 4.69) is 0 Å². The molecule has 0 unspecified atom stereocenters. The standard InChI is InChI=1S/C19H23NO5S2/c1-3-13(2)20(15-8-9-27(23,24)12-15)18(21)11-25-19(22)17-10-14-6-4-5-7-16(14)26-17/h4-7,10,13,15H,3,8-9,11-12H2,1-2H3/t13-,15-/m0/s1. The molecular weight excluding hydrogens is 386 g/mol. The van der Waals surface area contributed by atoms with Crippen molar-refractivity contribution in [2.45, 2.75) is 38.8 Å². The zero-order valence-corrected chi connectivity index (χ0v) is 17.0. The number of carbonyl (C=O) groups is 2. The van der Waals surface area contributed by atoms with Gasteiger partial charge in [-0.25, -0.2) is 13.2 Å². The van der Waals surface area contributed by atoms with Crippen molar-refractivity contribution in [2.75, 3.05) is 18.1 Å².